The minimum absolute atomic E-state index is 0. The number of hydrogen-bond acceptors (Lipinski definition) is 4. The van der Waals surface area contributed by atoms with Crippen molar-refractivity contribution in [3.63, 3.8) is 0 Å². The van der Waals surface area contributed by atoms with Crippen LogP contribution in [0.3, 0.4) is 0 Å². The molecule has 0 bridgehead atoms. The first-order valence-corrected chi connectivity index (χ1v) is 8.55. The molecule has 0 saturated heterocycles. The Morgan fingerprint density at radius 3 is 2.48 bits per heavy atom. The highest BCUT2D eigenvalue weighted by Crippen LogP contribution is 2.31. The number of ether oxygens (including phenoxy) is 1. The fourth-order valence-electron chi connectivity index (χ4n) is 2.77. The maximum atomic E-state index is 6.35. The number of methoxy groups -OCH3 is 1. The van der Waals surface area contributed by atoms with Crippen molar-refractivity contribution < 1.29 is 4.74 Å². The fourth-order valence-corrected chi connectivity index (χ4v) is 2.99. The molecule has 0 aliphatic carbocycles. The number of benzene rings is 3. The monoisotopic (exact) mass is 397 g/mol. The van der Waals surface area contributed by atoms with E-state index in [-0.39, 0.29) is 12.4 Å². The van der Waals surface area contributed by atoms with Crippen molar-refractivity contribution in [2.45, 2.75) is 0 Å². The quantitative estimate of drug-likeness (QED) is 0.450. The Kier molecular flexibility index (Phi) is 5.79. The molecule has 0 amide bonds. The molecule has 136 valence electrons. The van der Waals surface area contributed by atoms with E-state index >= 15 is 0 Å². The summed E-state index contributed by atoms with van der Waals surface area (Å²) in [6, 6.07) is 23.2. The summed E-state index contributed by atoms with van der Waals surface area (Å²) in [6.45, 7) is 0. The van der Waals surface area contributed by atoms with Crippen LogP contribution in [0.5, 0.6) is 5.75 Å². The topological polar surface area (TPSA) is 47.0 Å². The average molecular weight is 398 g/mol. The first-order valence-electron chi connectivity index (χ1n) is 8.17. The van der Waals surface area contributed by atoms with Crippen LogP contribution in [-0.2, 0) is 0 Å². The molecule has 6 heteroatoms. The van der Waals surface area contributed by atoms with E-state index in [1.165, 1.54) is 0 Å². The summed E-state index contributed by atoms with van der Waals surface area (Å²) in [7, 11) is 1.65. The van der Waals surface area contributed by atoms with E-state index in [9.17, 15) is 0 Å². The molecule has 0 saturated carbocycles. The standard InChI is InChI=1S/C21H16ClN3O.ClH/c1-26-15-8-6-7-14(13-15)23-21-17-10-3-5-12-19(17)24-20(25-21)16-9-2-4-11-18(16)22;/h2-13H,1H3,(H,23,24,25);1H. The molecule has 4 nitrogen and oxygen atoms in total. The average Bonchev–Trinajstić information content (AvgIpc) is 2.68. The van der Waals surface area contributed by atoms with Crippen LogP contribution in [0.25, 0.3) is 22.3 Å². The number of nitrogens with zero attached hydrogens (tertiary/aromatic N) is 2. The van der Waals surface area contributed by atoms with Crippen molar-refractivity contribution in [2.24, 2.45) is 0 Å². The van der Waals surface area contributed by atoms with Crippen molar-refractivity contribution in [1.29, 1.82) is 0 Å². The largest absolute Gasteiger partial charge is 0.497 e. The number of aromatic nitrogens is 2. The van der Waals surface area contributed by atoms with Gasteiger partial charge >= 0.3 is 0 Å². The van der Waals surface area contributed by atoms with Gasteiger partial charge in [-0.3, -0.25) is 0 Å². The number of nitrogens with one attached hydrogen (secondary N) is 1. The Hall–Kier alpha value is -2.82. The van der Waals surface area contributed by atoms with E-state index < -0.39 is 0 Å². The molecular weight excluding hydrogens is 381 g/mol. The van der Waals surface area contributed by atoms with Crippen molar-refractivity contribution in [1.82, 2.24) is 9.97 Å². The van der Waals surface area contributed by atoms with Crippen LogP contribution in [0.4, 0.5) is 11.5 Å². The third-order valence-corrected chi connectivity index (χ3v) is 4.38. The summed E-state index contributed by atoms with van der Waals surface area (Å²) in [4.78, 5) is 9.42. The number of hydrogen-bond donors (Lipinski definition) is 1. The van der Waals surface area contributed by atoms with E-state index in [0.29, 0.717) is 10.8 Å². The molecule has 1 heterocycles. The van der Waals surface area contributed by atoms with Crippen molar-refractivity contribution in [3.05, 3.63) is 77.8 Å². The van der Waals surface area contributed by atoms with E-state index in [0.717, 1.165) is 33.7 Å². The molecule has 0 radical (unpaired) electrons. The van der Waals surface area contributed by atoms with Crippen LogP contribution in [0, 0.1) is 0 Å². The maximum absolute atomic E-state index is 6.35. The molecule has 27 heavy (non-hydrogen) atoms. The van der Waals surface area contributed by atoms with Crippen LogP contribution >= 0.6 is 24.0 Å². The van der Waals surface area contributed by atoms with E-state index in [1.807, 2.05) is 72.8 Å². The third-order valence-electron chi connectivity index (χ3n) is 4.05. The van der Waals surface area contributed by atoms with Gasteiger partial charge in [0.2, 0.25) is 0 Å². The molecule has 0 atom stereocenters. The summed E-state index contributed by atoms with van der Waals surface area (Å²) in [5, 5.41) is 4.93. The van der Waals surface area contributed by atoms with Gasteiger partial charge < -0.3 is 10.1 Å². The lowest BCUT2D eigenvalue weighted by molar-refractivity contribution is 0.415. The number of para-hydroxylation sites is 1. The van der Waals surface area contributed by atoms with Gasteiger partial charge in [0.15, 0.2) is 5.82 Å². The Labute approximate surface area is 168 Å². The zero-order valence-electron chi connectivity index (χ0n) is 14.5. The summed E-state index contributed by atoms with van der Waals surface area (Å²) < 4.78 is 5.30. The van der Waals surface area contributed by atoms with Gasteiger partial charge in [-0.25, -0.2) is 9.97 Å². The Bertz CT molecular complexity index is 1090. The first-order chi connectivity index (χ1) is 12.7. The Morgan fingerprint density at radius 1 is 0.889 bits per heavy atom. The van der Waals surface area contributed by atoms with Crippen molar-refractivity contribution in [2.75, 3.05) is 12.4 Å². The lowest BCUT2D eigenvalue weighted by Gasteiger charge is -2.12. The highest BCUT2D eigenvalue weighted by molar-refractivity contribution is 6.33. The Morgan fingerprint density at radius 2 is 1.67 bits per heavy atom. The van der Waals surface area contributed by atoms with E-state index in [1.54, 1.807) is 7.11 Å². The zero-order valence-corrected chi connectivity index (χ0v) is 16.1. The highest BCUT2D eigenvalue weighted by Gasteiger charge is 2.12. The summed E-state index contributed by atoms with van der Waals surface area (Å²) in [5.74, 6) is 2.08. The predicted molar refractivity (Wildman–Crippen MR) is 114 cm³/mol. The molecular formula is C21H17Cl2N3O. The van der Waals surface area contributed by atoms with Gasteiger partial charge in [0.1, 0.15) is 11.6 Å². The van der Waals surface area contributed by atoms with Crippen LogP contribution in [0.15, 0.2) is 72.8 Å². The lowest BCUT2D eigenvalue weighted by Crippen LogP contribution is -2.00. The molecule has 4 rings (SSSR count). The third kappa shape index (κ3) is 3.97. The van der Waals surface area contributed by atoms with Crippen molar-refractivity contribution in [3.8, 4) is 17.1 Å². The van der Waals surface area contributed by atoms with Crippen LogP contribution < -0.4 is 10.1 Å². The van der Waals surface area contributed by atoms with E-state index in [4.69, 9.17) is 21.3 Å². The second-order valence-corrected chi connectivity index (χ2v) is 6.16. The molecule has 4 aromatic rings. The molecule has 0 spiro atoms. The van der Waals surface area contributed by atoms with Gasteiger partial charge in [-0.05, 0) is 36.4 Å². The zero-order chi connectivity index (χ0) is 17.9. The first kappa shape index (κ1) is 19.0. The second-order valence-electron chi connectivity index (χ2n) is 5.75. The number of anilines is 2. The fraction of sp³-hybridized carbons (Fsp3) is 0.0476. The van der Waals surface area contributed by atoms with Crippen LogP contribution in [-0.4, -0.2) is 17.1 Å². The van der Waals surface area contributed by atoms with Crippen molar-refractivity contribution >= 4 is 46.4 Å². The highest BCUT2D eigenvalue weighted by atomic mass is 35.5. The van der Waals surface area contributed by atoms with Gasteiger partial charge in [-0.1, -0.05) is 41.9 Å². The van der Waals surface area contributed by atoms with E-state index in [2.05, 4.69) is 10.3 Å². The number of fused-ring (bicyclic) bond motifs is 1. The van der Waals surface area contributed by atoms with Gasteiger partial charge in [0.05, 0.1) is 17.6 Å². The maximum Gasteiger partial charge on any atom is 0.163 e. The number of halogens is 2. The summed E-state index contributed by atoms with van der Waals surface area (Å²) >= 11 is 6.35. The SMILES string of the molecule is COc1cccc(Nc2nc(-c3ccccc3Cl)nc3ccccc23)c1.Cl. The molecule has 0 aliphatic heterocycles. The summed E-state index contributed by atoms with van der Waals surface area (Å²) in [6.07, 6.45) is 0. The molecule has 1 aromatic heterocycles. The van der Waals surface area contributed by atoms with Gasteiger partial charge in [-0.15, -0.1) is 12.4 Å². The van der Waals surface area contributed by atoms with Gasteiger partial charge in [-0.2, -0.15) is 0 Å². The minimum atomic E-state index is 0. The molecule has 0 unspecified atom stereocenters. The van der Waals surface area contributed by atoms with Gasteiger partial charge in [0.25, 0.3) is 0 Å². The smallest absolute Gasteiger partial charge is 0.163 e. The minimum Gasteiger partial charge on any atom is -0.497 e. The summed E-state index contributed by atoms with van der Waals surface area (Å²) in [5.41, 5.74) is 2.54. The second kappa shape index (κ2) is 8.25. The van der Waals surface area contributed by atoms with Crippen LogP contribution in [0.2, 0.25) is 5.02 Å². The molecule has 3 aromatic carbocycles. The molecule has 0 aliphatic rings. The molecule has 1 N–H and O–H groups in total. The van der Waals surface area contributed by atoms with Crippen LogP contribution in [0.1, 0.15) is 0 Å². The lowest BCUT2D eigenvalue weighted by atomic mass is 10.1. The van der Waals surface area contributed by atoms with Gasteiger partial charge in [0, 0.05) is 22.7 Å². The number of rotatable bonds is 4. The normalized spacial score (nSPS) is 10.3. The molecule has 0 fully saturated rings. The predicted octanol–water partition coefficient (Wildman–Crippen LogP) is 6.12. The Balaban J connectivity index is 0.00000210.